The van der Waals surface area contributed by atoms with E-state index < -0.39 is 0 Å². The minimum absolute atomic E-state index is 0.568. The summed E-state index contributed by atoms with van der Waals surface area (Å²) in [5.74, 6) is 0. The molecule has 0 unspecified atom stereocenters. The number of nitrogens with two attached hydrogens (primary N) is 1. The maximum Gasteiger partial charge on any atom is 0.153 e. The van der Waals surface area contributed by atoms with Crippen molar-refractivity contribution >= 4 is 17.6 Å². The molecule has 0 fully saturated rings. The van der Waals surface area contributed by atoms with Gasteiger partial charge in [0.25, 0.3) is 0 Å². The Morgan fingerprint density at radius 1 is 1.17 bits per heavy atom. The van der Waals surface area contributed by atoms with Crippen molar-refractivity contribution in [1.29, 1.82) is 0 Å². The Hall–Kier alpha value is -2.62. The van der Waals surface area contributed by atoms with Crippen LogP contribution in [0.3, 0.4) is 0 Å². The van der Waals surface area contributed by atoms with E-state index in [2.05, 4.69) is 4.98 Å². The predicted octanol–water partition coefficient (Wildman–Crippen LogP) is 2.40. The van der Waals surface area contributed by atoms with Crippen molar-refractivity contribution in [3.63, 3.8) is 0 Å². The number of fused-ring (bicyclic) bond motifs is 1. The highest BCUT2D eigenvalue weighted by Gasteiger charge is 2.09. The Bertz CT molecular complexity index is 731. The van der Waals surface area contributed by atoms with Gasteiger partial charge in [-0.05, 0) is 18.2 Å². The molecule has 2 aromatic heterocycles. The summed E-state index contributed by atoms with van der Waals surface area (Å²) in [5, 5.41) is 0. The zero-order valence-electron chi connectivity index (χ0n) is 9.58. The molecule has 0 saturated heterocycles. The summed E-state index contributed by atoms with van der Waals surface area (Å²) in [6, 6.07) is 11.1. The van der Waals surface area contributed by atoms with Crippen LogP contribution >= 0.6 is 0 Å². The fourth-order valence-electron chi connectivity index (χ4n) is 1.99. The van der Waals surface area contributed by atoms with E-state index in [1.54, 1.807) is 6.07 Å². The van der Waals surface area contributed by atoms with Gasteiger partial charge in [-0.25, -0.2) is 4.98 Å². The first-order chi connectivity index (χ1) is 8.79. The van der Waals surface area contributed by atoms with Gasteiger partial charge in [-0.1, -0.05) is 18.2 Å². The lowest BCUT2D eigenvalue weighted by Gasteiger charge is -1.99. The molecule has 4 heteroatoms. The van der Waals surface area contributed by atoms with E-state index >= 15 is 0 Å². The number of benzene rings is 1. The number of para-hydroxylation sites is 1. The Balaban J connectivity index is 2.26. The molecule has 0 aliphatic rings. The molecule has 88 valence electrons. The van der Waals surface area contributed by atoms with Crippen LogP contribution in [-0.4, -0.2) is 15.7 Å². The molecule has 1 aromatic carbocycles. The van der Waals surface area contributed by atoms with Gasteiger partial charge in [0.15, 0.2) is 6.29 Å². The molecule has 3 rings (SSSR count). The minimum atomic E-state index is 0.568. The van der Waals surface area contributed by atoms with Gasteiger partial charge < -0.3 is 10.1 Å². The molecule has 18 heavy (non-hydrogen) atoms. The predicted molar refractivity (Wildman–Crippen MR) is 70.4 cm³/mol. The third kappa shape index (κ3) is 1.55. The Morgan fingerprint density at radius 2 is 2.00 bits per heavy atom. The lowest BCUT2D eigenvalue weighted by molar-refractivity contribution is 0.112. The smallest absolute Gasteiger partial charge is 0.153 e. The van der Waals surface area contributed by atoms with E-state index in [9.17, 15) is 4.79 Å². The first-order valence-corrected chi connectivity index (χ1v) is 5.57. The Labute approximate surface area is 104 Å². The molecule has 0 radical (unpaired) electrons. The Kier molecular flexibility index (Phi) is 2.34. The lowest BCUT2D eigenvalue weighted by atomic mass is 10.1. The number of carbonyl (C=O) groups excluding carboxylic acids is 1. The molecule has 0 spiro atoms. The first kappa shape index (κ1) is 10.5. The number of hydrogen-bond acceptors (Lipinski definition) is 3. The number of rotatable bonds is 2. The quantitative estimate of drug-likeness (QED) is 0.550. The van der Waals surface area contributed by atoms with Crippen LogP contribution < -0.4 is 5.73 Å². The second-order valence-corrected chi connectivity index (χ2v) is 4.03. The summed E-state index contributed by atoms with van der Waals surface area (Å²) in [6.07, 6.45) is 4.53. The average Bonchev–Trinajstić information content (AvgIpc) is 2.82. The van der Waals surface area contributed by atoms with E-state index in [0.29, 0.717) is 16.9 Å². The van der Waals surface area contributed by atoms with Gasteiger partial charge in [-0.3, -0.25) is 4.79 Å². The van der Waals surface area contributed by atoms with E-state index in [4.69, 9.17) is 5.73 Å². The third-order valence-electron chi connectivity index (χ3n) is 2.88. The monoisotopic (exact) mass is 237 g/mol. The van der Waals surface area contributed by atoms with Gasteiger partial charge in [0.1, 0.15) is 5.65 Å². The number of imidazole rings is 1. The van der Waals surface area contributed by atoms with Crippen LogP contribution in [0.4, 0.5) is 5.69 Å². The number of aldehydes is 1. The first-order valence-electron chi connectivity index (χ1n) is 5.57. The largest absolute Gasteiger partial charge is 0.398 e. The molecule has 0 bridgehead atoms. The van der Waals surface area contributed by atoms with Gasteiger partial charge in [0.05, 0.1) is 11.3 Å². The molecule has 0 aliphatic heterocycles. The summed E-state index contributed by atoms with van der Waals surface area (Å²) in [5.41, 5.74) is 9.45. The van der Waals surface area contributed by atoms with Crippen molar-refractivity contribution in [2.75, 3.05) is 5.73 Å². The molecule has 0 saturated carbocycles. The minimum Gasteiger partial charge on any atom is -0.398 e. The van der Waals surface area contributed by atoms with Crippen molar-refractivity contribution < 1.29 is 4.79 Å². The molecule has 0 amide bonds. The molecular weight excluding hydrogens is 226 g/mol. The van der Waals surface area contributed by atoms with Crippen LogP contribution in [0.25, 0.3) is 16.9 Å². The summed E-state index contributed by atoms with van der Waals surface area (Å²) in [7, 11) is 0. The third-order valence-corrected chi connectivity index (χ3v) is 2.88. The molecule has 0 atom stereocenters. The summed E-state index contributed by atoms with van der Waals surface area (Å²) in [6.45, 7) is 0. The zero-order chi connectivity index (χ0) is 12.5. The number of hydrogen-bond donors (Lipinski definition) is 1. The fourth-order valence-corrected chi connectivity index (χ4v) is 1.99. The van der Waals surface area contributed by atoms with Crippen molar-refractivity contribution in [1.82, 2.24) is 9.38 Å². The second-order valence-electron chi connectivity index (χ2n) is 4.03. The van der Waals surface area contributed by atoms with Gasteiger partial charge in [-0.2, -0.15) is 0 Å². The molecule has 2 N–H and O–H groups in total. The van der Waals surface area contributed by atoms with Crippen molar-refractivity contribution in [3.8, 4) is 11.3 Å². The van der Waals surface area contributed by atoms with Gasteiger partial charge in [-0.15, -0.1) is 0 Å². The summed E-state index contributed by atoms with van der Waals surface area (Å²) in [4.78, 5) is 15.4. The normalized spacial score (nSPS) is 10.7. The average molecular weight is 237 g/mol. The van der Waals surface area contributed by atoms with E-state index in [1.165, 1.54) is 0 Å². The van der Waals surface area contributed by atoms with Crippen LogP contribution in [-0.2, 0) is 0 Å². The Morgan fingerprint density at radius 3 is 2.78 bits per heavy atom. The lowest BCUT2D eigenvalue weighted by Crippen LogP contribution is -1.89. The van der Waals surface area contributed by atoms with E-state index in [-0.39, 0.29) is 0 Å². The van der Waals surface area contributed by atoms with Gasteiger partial charge in [0, 0.05) is 23.6 Å². The number of pyridine rings is 1. The topological polar surface area (TPSA) is 60.4 Å². The summed E-state index contributed by atoms with van der Waals surface area (Å²) < 4.78 is 1.82. The maximum absolute atomic E-state index is 11.0. The molecule has 0 aliphatic carbocycles. The van der Waals surface area contributed by atoms with Gasteiger partial charge in [0.2, 0.25) is 0 Å². The molecule has 3 aromatic rings. The van der Waals surface area contributed by atoms with Crippen molar-refractivity contribution in [2.45, 2.75) is 0 Å². The standard InChI is InChI=1S/C14H11N3O/c15-12-6-2-1-5-11(12)13-8-17-7-3-4-10(9-18)14(17)16-13/h1-9H,15H2. The maximum atomic E-state index is 11.0. The van der Waals surface area contributed by atoms with Crippen LogP contribution in [0.5, 0.6) is 0 Å². The number of anilines is 1. The zero-order valence-corrected chi connectivity index (χ0v) is 9.58. The second kappa shape index (κ2) is 4.00. The van der Waals surface area contributed by atoms with Crippen molar-refractivity contribution in [2.24, 2.45) is 0 Å². The van der Waals surface area contributed by atoms with Crippen molar-refractivity contribution in [3.05, 3.63) is 54.4 Å². The molecule has 4 nitrogen and oxygen atoms in total. The molecule has 2 heterocycles. The SMILES string of the molecule is Nc1ccccc1-c1cn2cccc(C=O)c2n1. The van der Waals surface area contributed by atoms with E-state index in [0.717, 1.165) is 17.5 Å². The molecular formula is C14H11N3O. The highest BCUT2D eigenvalue weighted by atomic mass is 16.1. The summed E-state index contributed by atoms with van der Waals surface area (Å²) >= 11 is 0. The van der Waals surface area contributed by atoms with Crippen LogP contribution in [0.2, 0.25) is 0 Å². The van der Waals surface area contributed by atoms with E-state index in [1.807, 2.05) is 47.1 Å². The van der Waals surface area contributed by atoms with Crippen LogP contribution in [0.1, 0.15) is 10.4 Å². The van der Waals surface area contributed by atoms with Crippen LogP contribution in [0, 0.1) is 0 Å². The number of nitrogen functional groups attached to an aromatic ring is 1. The van der Waals surface area contributed by atoms with Crippen LogP contribution in [0.15, 0.2) is 48.8 Å². The van der Waals surface area contributed by atoms with Gasteiger partial charge >= 0.3 is 0 Å². The number of aromatic nitrogens is 2. The number of nitrogens with zero attached hydrogens (tertiary/aromatic N) is 2. The highest BCUT2D eigenvalue weighted by Crippen LogP contribution is 2.25. The highest BCUT2D eigenvalue weighted by molar-refractivity contribution is 5.85. The number of carbonyl (C=O) groups is 1. The fraction of sp³-hybridized carbons (Fsp3) is 0.